The molecule has 2 aliphatic heterocycles. The smallest absolute Gasteiger partial charge is 0.790 e. The van der Waals surface area contributed by atoms with Gasteiger partial charge in [0.05, 0.1) is 26.6 Å². The molecule has 1 unspecified atom stereocenters. The molecule has 2 heterocycles. The third-order valence-corrected chi connectivity index (χ3v) is 5.53. The fourth-order valence-electron chi connectivity index (χ4n) is 2.40. The van der Waals surface area contributed by atoms with E-state index in [2.05, 4.69) is 13.8 Å². The Morgan fingerprint density at radius 2 is 1.89 bits per heavy atom. The molecular weight excluding hydrogens is 453 g/mol. The Bertz CT molecular complexity index is 650. The molecule has 0 spiro atoms. The van der Waals surface area contributed by atoms with Crippen LogP contribution in [0.1, 0.15) is 12.8 Å². The molecule has 4 atom stereocenters. The van der Waals surface area contributed by atoms with Crippen LogP contribution in [0.2, 0.25) is 0 Å². The molecule has 0 aliphatic carbocycles. The Hall–Kier alpha value is 2.12. The van der Waals surface area contributed by atoms with E-state index in [-0.39, 0.29) is 107 Å². The van der Waals surface area contributed by atoms with Gasteiger partial charge in [-0.2, -0.15) is 4.99 Å². The fourth-order valence-corrected chi connectivity index (χ4v) is 3.90. The van der Waals surface area contributed by atoms with Crippen LogP contribution in [0.3, 0.4) is 0 Å². The van der Waals surface area contributed by atoms with Gasteiger partial charge in [0.1, 0.15) is 11.9 Å². The number of urea groups is 1. The molecular formula is C10H16N3Na3O10P2. The number of ether oxygens (including phenoxy) is 1. The number of rotatable bonds is 7. The topological polar surface area (TPSA) is 210 Å². The fraction of sp³-hybridized carbons (Fsp3) is 0.800. The zero-order chi connectivity index (χ0) is 18.8. The summed E-state index contributed by atoms with van der Waals surface area (Å²) in [7, 11) is -11.2. The first-order valence-electron chi connectivity index (χ1n) is 7.09. The Balaban J connectivity index is 0. The summed E-state index contributed by atoms with van der Waals surface area (Å²) in [5.74, 6) is 0.222. The van der Waals surface area contributed by atoms with Crippen molar-refractivity contribution in [1.82, 2.24) is 4.90 Å². The van der Waals surface area contributed by atoms with Crippen LogP contribution in [0.5, 0.6) is 0 Å². The van der Waals surface area contributed by atoms with Crippen molar-refractivity contribution < 1.29 is 136 Å². The molecule has 28 heavy (non-hydrogen) atoms. The predicted octanol–water partition coefficient (Wildman–Crippen LogP) is -12.0. The number of carbonyl (C=O) groups excluding carboxylic acids is 1. The summed E-state index contributed by atoms with van der Waals surface area (Å²) < 4.78 is 34.4. The average Bonchev–Trinajstić information content (AvgIpc) is 2.77. The summed E-state index contributed by atoms with van der Waals surface area (Å²) >= 11 is 0. The number of aliphatic hydroxyl groups is 1. The Kier molecular flexibility index (Phi) is 15.7. The van der Waals surface area contributed by atoms with Crippen molar-refractivity contribution in [3.63, 3.8) is 0 Å². The molecule has 0 aromatic carbocycles. The number of phosphoric acid groups is 2. The van der Waals surface area contributed by atoms with Crippen molar-refractivity contribution >= 4 is 27.5 Å². The van der Waals surface area contributed by atoms with Gasteiger partial charge in [-0.3, -0.25) is 8.88 Å². The summed E-state index contributed by atoms with van der Waals surface area (Å²) in [6.07, 6.45) is -2.36. The minimum absolute atomic E-state index is 0. The van der Waals surface area contributed by atoms with Gasteiger partial charge in [-0.1, -0.05) is 0 Å². The monoisotopic (exact) mass is 469 g/mol. The molecule has 13 nitrogen and oxygen atoms in total. The SMILES string of the molecule is NC1=NC(=O)N(C[C@H]2C[C@@H](O)[C@@H](COP(=O)([O-])OP(=O)([O-])[O-])O2)CC1.[Na+].[Na+].[Na+]. The van der Waals surface area contributed by atoms with Crippen LogP contribution in [-0.2, 0) is 22.7 Å². The number of amides is 2. The first-order chi connectivity index (χ1) is 11.5. The molecule has 2 amide bonds. The van der Waals surface area contributed by atoms with Crippen LogP contribution < -0.4 is 109 Å². The largest absolute Gasteiger partial charge is 1.00 e. The average molecular weight is 469 g/mol. The van der Waals surface area contributed by atoms with E-state index in [9.17, 15) is 33.7 Å². The van der Waals surface area contributed by atoms with Crippen molar-refractivity contribution in [3.8, 4) is 0 Å². The maximum Gasteiger partial charge on any atom is 1.00 e. The van der Waals surface area contributed by atoms with Gasteiger partial charge in [0.2, 0.25) is 0 Å². The standard InChI is InChI=1S/C10H19N3O10P2.3Na/c11-9-1-2-13(10(15)12-9)4-6-3-7(14)8(22-6)5-21-25(19,20)23-24(16,17)18;;;/h6-8,14H,1-5H2,(H,19,20)(H2,11,12,15)(H2,16,17,18);;;/q;3*+1/p-3/t6-,7-,8-;;;/m1.../s1. The van der Waals surface area contributed by atoms with Crippen molar-refractivity contribution in [2.24, 2.45) is 10.7 Å². The second-order valence-electron chi connectivity index (χ2n) is 5.45. The quantitative estimate of drug-likeness (QED) is 0.264. The number of phosphoric ester groups is 1. The van der Waals surface area contributed by atoms with Crippen LogP contribution in [0, 0.1) is 0 Å². The van der Waals surface area contributed by atoms with E-state index in [1.165, 1.54) is 4.90 Å². The van der Waals surface area contributed by atoms with E-state index in [0.717, 1.165) is 0 Å². The normalized spacial score (nSPS) is 27.0. The summed E-state index contributed by atoms with van der Waals surface area (Å²) in [6, 6.07) is -0.541. The van der Waals surface area contributed by atoms with Crippen molar-refractivity contribution in [2.45, 2.75) is 31.2 Å². The zero-order valence-electron chi connectivity index (χ0n) is 15.8. The number of hydrogen-bond donors (Lipinski definition) is 2. The van der Waals surface area contributed by atoms with Crippen LogP contribution in [-0.4, -0.2) is 59.9 Å². The molecule has 0 saturated carbocycles. The molecule has 3 N–H and O–H groups in total. The van der Waals surface area contributed by atoms with E-state index in [1.54, 1.807) is 0 Å². The van der Waals surface area contributed by atoms with Gasteiger partial charge >= 0.3 is 94.7 Å². The zero-order valence-corrected chi connectivity index (χ0v) is 23.5. The minimum Gasteiger partial charge on any atom is -0.790 e. The molecule has 1 fully saturated rings. The van der Waals surface area contributed by atoms with Crippen LogP contribution in [0.15, 0.2) is 4.99 Å². The number of amidine groups is 1. The number of carbonyl (C=O) groups is 1. The Morgan fingerprint density at radius 3 is 2.43 bits per heavy atom. The maximum atomic E-state index is 11.7. The molecule has 0 aromatic heterocycles. The number of nitrogens with zero attached hydrogens (tertiary/aromatic N) is 2. The van der Waals surface area contributed by atoms with Gasteiger partial charge in [0, 0.05) is 25.9 Å². The summed E-state index contributed by atoms with van der Waals surface area (Å²) in [4.78, 5) is 48.4. The Labute approximate surface area is 227 Å². The van der Waals surface area contributed by atoms with Crippen LogP contribution in [0.25, 0.3) is 0 Å². The number of nitrogens with two attached hydrogens (primary N) is 1. The van der Waals surface area contributed by atoms with E-state index in [1.807, 2.05) is 0 Å². The molecule has 2 rings (SSSR count). The maximum absolute atomic E-state index is 11.7. The van der Waals surface area contributed by atoms with Crippen LogP contribution >= 0.6 is 15.6 Å². The predicted molar refractivity (Wildman–Crippen MR) is 74.7 cm³/mol. The number of aliphatic hydroxyl groups excluding tert-OH is 1. The van der Waals surface area contributed by atoms with Crippen molar-refractivity contribution in [3.05, 3.63) is 0 Å². The van der Waals surface area contributed by atoms with E-state index in [4.69, 9.17) is 10.5 Å². The third-order valence-electron chi connectivity index (χ3n) is 3.47. The van der Waals surface area contributed by atoms with Gasteiger partial charge in [0.15, 0.2) is 0 Å². The minimum atomic E-state index is -5.78. The second-order valence-corrected chi connectivity index (χ2v) is 8.15. The molecule has 18 heteroatoms. The molecule has 0 bridgehead atoms. The van der Waals surface area contributed by atoms with E-state index < -0.39 is 46.6 Å². The van der Waals surface area contributed by atoms with Gasteiger partial charge in [-0.25, -0.2) is 4.79 Å². The number of aliphatic imine (C=N–C) groups is 1. The Morgan fingerprint density at radius 1 is 1.29 bits per heavy atom. The summed E-state index contributed by atoms with van der Waals surface area (Å²) in [6.45, 7) is -0.320. The first-order valence-corrected chi connectivity index (χ1v) is 10.0. The van der Waals surface area contributed by atoms with Gasteiger partial charge in [-0.15, -0.1) is 0 Å². The van der Waals surface area contributed by atoms with Crippen molar-refractivity contribution in [2.75, 3.05) is 19.7 Å². The van der Waals surface area contributed by atoms with Crippen molar-refractivity contribution in [1.29, 1.82) is 0 Å². The van der Waals surface area contributed by atoms with Gasteiger partial charge < -0.3 is 44.2 Å². The van der Waals surface area contributed by atoms with Gasteiger partial charge in [-0.05, 0) is 0 Å². The third kappa shape index (κ3) is 11.1. The molecule has 0 radical (unpaired) electrons. The summed E-state index contributed by atoms with van der Waals surface area (Å²) in [5.41, 5.74) is 5.45. The van der Waals surface area contributed by atoms with E-state index >= 15 is 0 Å². The molecule has 144 valence electrons. The second kappa shape index (κ2) is 13.6. The van der Waals surface area contributed by atoms with Crippen LogP contribution in [0.4, 0.5) is 4.79 Å². The molecule has 1 saturated heterocycles. The summed E-state index contributed by atoms with van der Waals surface area (Å²) in [5, 5.41) is 9.86. The first kappa shape index (κ1) is 32.3. The van der Waals surface area contributed by atoms with Gasteiger partial charge in [0.25, 0.3) is 7.82 Å². The number of hydrogen-bond acceptors (Lipinski definition) is 11. The van der Waals surface area contributed by atoms with E-state index in [0.29, 0.717) is 13.0 Å². The molecule has 2 aliphatic rings. The molecule has 0 aromatic rings.